The van der Waals surface area contributed by atoms with Gasteiger partial charge < -0.3 is 19.9 Å². The Kier molecular flexibility index (Phi) is 6.92. The molecule has 6 nitrogen and oxygen atoms in total. The lowest BCUT2D eigenvalue weighted by atomic mass is 9.85. The number of rotatable bonds is 7. The summed E-state index contributed by atoms with van der Waals surface area (Å²) in [6.45, 7) is 1.42. The minimum Gasteiger partial charge on any atom is -0.490 e. The fraction of sp³-hybridized carbons (Fsp3) is 0.556. The number of carbonyl (C=O) groups excluding carboxylic acids is 1. The van der Waals surface area contributed by atoms with Crippen LogP contribution in [0.1, 0.15) is 43.0 Å². The lowest BCUT2D eigenvalue weighted by molar-refractivity contribution is -0.183. The molecule has 2 N–H and O–H groups in total. The SMILES string of the molecule is CCOc1cc(C(=O)NC2CCCC(C(F)(F)F)C2)ccc1OCC(=O)O. The standard InChI is InChI=1S/C18H22F3NO5/c1-2-26-15-8-11(6-7-14(15)27-10-16(23)24)17(25)22-13-5-3-4-12(9-13)18(19,20)21/h6-8,12-13H,2-5,9-10H2,1H3,(H,22,25)(H,23,24). The fourth-order valence-corrected chi connectivity index (χ4v) is 3.06. The number of carbonyl (C=O) groups is 2. The molecule has 1 aliphatic rings. The first-order valence-corrected chi connectivity index (χ1v) is 8.69. The zero-order valence-electron chi connectivity index (χ0n) is 14.8. The van der Waals surface area contributed by atoms with Gasteiger partial charge in [-0.3, -0.25) is 4.79 Å². The highest BCUT2D eigenvalue weighted by Crippen LogP contribution is 2.37. The van der Waals surface area contributed by atoms with Crippen LogP contribution in [0.3, 0.4) is 0 Å². The predicted octanol–water partition coefficient (Wildman–Crippen LogP) is 3.40. The van der Waals surface area contributed by atoms with Gasteiger partial charge in [0.05, 0.1) is 12.5 Å². The predicted molar refractivity (Wildman–Crippen MR) is 90.0 cm³/mol. The number of aliphatic carboxylic acids is 1. The Morgan fingerprint density at radius 2 is 1.96 bits per heavy atom. The molecule has 2 atom stereocenters. The van der Waals surface area contributed by atoms with Gasteiger partial charge in [-0.1, -0.05) is 6.42 Å². The van der Waals surface area contributed by atoms with Crippen molar-refractivity contribution < 1.29 is 37.3 Å². The third-order valence-electron chi connectivity index (χ3n) is 4.33. The number of alkyl halides is 3. The van der Waals surface area contributed by atoms with E-state index >= 15 is 0 Å². The summed E-state index contributed by atoms with van der Waals surface area (Å²) in [7, 11) is 0. The minimum absolute atomic E-state index is 0.0833. The Hall–Kier alpha value is -2.45. The maximum absolute atomic E-state index is 12.9. The molecule has 9 heteroatoms. The van der Waals surface area contributed by atoms with Crippen LogP contribution >= 0.6 is 0 Å². The molecule has 0 aromatic heterocycles. The van der Waals surface area contributed by atoms with E-state index < -0.39 is 36.6 Å². The molecular formula is C18H22F3NO5. The summed E-state index contributed by atoms with van der Waals surface area (Å²) < 4.78 is 49.2. The summed E-state index contributed by atoms with van der Waals surface area (Å²) in [5.74, 6) is -2.69. The largest absolute Gasteiger partial charge is 0.490 e. The van der Waals surface area contributed by atoms with E-state index in [-0.39, 0.29) is 36.5 Å². The van der Waals surface area contributed by atoms with Crippen molar-refractivity contribution in [1.82, 2.24) is 5.32 Å². The zero-order valence-corrected chi connectivity index (χ0v) is 14.8. The quantitative estimate of drug-likeness (QED) is 0.747. The van der Waals surface area contributed by atoms with Gasteiger partial charge in [-0.15, -0.1) is 0 Å². The van der Waals surface area contributed by atoms with Crippen LogP contribution in [0.2, 0.25) is 0 Å². The van der Waals surface area contributed by atoms with E-state index in [4.69, 9.17) is 14.6 Å². The van der Waals surface area contributed by atoms with E-state index in [2.05, 4.69) is 5.32 Å². The lowest BCUT2D eigenvalue weighted by Gasteiger charge is -2.31. The molecule has 1 aromatic carbocycles. The maximum atomic E-state index is 12.9. The van der Waals surface area contributed by atoms with Gasteiger partial charge in [0.25, 0.3) is 5.91 Å². The van der Waals surface area contributed by atoms with Crippen molar-refractivity contribution in [1.29, 1.82) is 0 Å². The van der Waals surface area contributed by atoms with Gasteiger partial charge in [-0.25, -0.2) is 4.79 Å². The Balaban J connectivity index is 2.06. The van der Waals surface area contributed by atoms with E-state index in [0.29, 0.717) is 12.8 Å². The Morgan fingerprint density at radius 3 is 2.59 bits per heavy atom. The van der Waals surface area contributed by atoms with Crippen LogP contribution in [0.5, 0.6) is 11.5 Å². The molecule has 0 spiro atoms. The average Bonchev–Trinajstić information content (AvgIpc) is 2.60. The van der Waals surface area contributed by atoms with Crippen molar-refractivity contribution in [3.05, 3.63) is 23.8 Å². The topological polar surface area (TPSA) is 84.9 Å². The number of amides is 1. The highest BCUT2D eigenvalue weighted by Gasteiger charge is 2.42. The van der Waals surface area contributed by atoms with Crippen molar-refractivity contribution in [2.75, 3.05) is 13.2 Å². The van der Waals surface area contributed by atoms with Crippen molar-refractivity contribution in [3.63, 3.8) is 0 Å². The second-order valence-electron chi connectivity index (χ2n) is 6.35. The minimum atomic E-state index is -4.26. The van der Waals surface area contributed by atoms with Gasteiger partial charge in [0.1, 0.15) is 0 Å². The van der Waals surface area contributed by atoms with Gasteiger partial charge in [-0.2, -0.15) is 13.2 Å². The normalized spacial score (nSPS) is 20.0. The van der Waals surface area contributed by atoms with E-state index in [0.717, 1.165) is 0 Å². The molecular weight excluding hydrogens is 367 g/mol. The molecule has 1 amide bonds. The number of hydrogen-bond donors (Lipinski definition) is 2. The van der Waals surface area contributed by atoms with E-state index in [1.54, 1.807) is 6.92 Å². The van der Waals surface area contributed by atoms with Gasteiger partial charge in [0, 0.05) is 11.6 Å². The van der Waals surface area contributed by atoms with Crippen molar-refractivity contribution in [2.24, 2.45) is 5.92 Å². The van der Waals surface area contributed by atoms with E-state index in [9.17, 15) is 22.8 Å². The molecule has 0 radical (unpaired) electrons. The molecule has 0 aliphatic heterocycles. The second-order valence-corrected chi connectivity index (χ2v) is 6.35. The van der Waals surface area contributed by atoms with E-state index in [1.807, 2.05) is 0 Å². The molecule has 0 bridgehead atoms. The zero-order chi connectivity index (χ0) is 20.0. The number of hydrogen-bond acceptors (Lipinski definition) is 4. The summed E-state index contributed by atoms with van der Waals surface area (Å²) in [5, 5.41) is 11.3. The Bertz CT molecular complexity index is 677. The summed E-state index contributed by atoms with van der Waals surface area (Å²) in [6.07, 6.45) is -3.40. The summed E-state index contributed by atoms with van der Waals surface area (Å²) in [5.41, 5.74) is 0.204. The van der Waals surface area contributed by atoms with Crippen LogP contribution in [-0.2, 0) is 4.79 Å². The first-order chi connectivity index (χ1) is 12.7. The highest BCUT2D eigenvalue weighted by atomic mass is 19.4. The summed E-state index contributed by atoms with van der Waals surface area (Å²) >= 11 is 0. The van der Waals surface area contributed by atoms with Crippen LogP contribution in [0.25, 0.3) is 0 Å². The second kappa shape index (κ2) is 8.96. The molecule has 0 saturated heterocycles. The van der Waals surface area contributed by atoms with Crippen LogP contribution in [-0.4, -0.2) is 42.4 Å². The molecule has 2 unspecified atom stereocenters. The Morgan fingerprint density at radius 1 is 1.22 bits per heavy atom. The van der Waals surface area contributed by atoms with Crippen molar-refractivity contribution >= 4 is 11.9 Å². The number of benzene rings is 1. The first kappa shape index (κ1) is 20.9. The maximum Gasteiger partial charge on any atom is 0.391 e. The number of halogens is 3. The summed E-state index contributed by atoms with van der Waals surface area (Å²) in [6, 6.07) is 3.66. The van der Waals surface area contributed by atoms with E-state index in [1.165, 1.54) is 18.2 Å². The van der Waals surface area contributed by atoms with Crippen LogP contribution in [0, 0.1) is 5.92 Å². The van der Waals surface area contributed by atoms with Gasteiger partial charge >= 0.3 is 12.1 Å². The summed E-state index contributed by atoms with van der Waals surface area (Å²) in [4.78, 5) is 23.0. The molecule has 150 valence electrons. The van der Waals surface area contributed by atoms with Gasteiger partial charge in [-0.05, 0) is 44.4 Å². The monoisotopic (exact) mass is 389 g/mol. The molecule has 1 aromatic rings. The first-order valence-electron chi connectivity index (χ1n) is 8.69. The van der Waals surface area contributed by atoms with Crippen LogP contribution in [0.15, 0.2) is 18.2 Å². The molecule has 0 heterocycles. The average molecular weight is 389 g/mol. The van der Waals surface area contributed by atoms with Crippen LogP contribution in [0.4, 0.5) is 13.2 Å². The molecule has 1 saturated carbocycles. The van der Waals surface area contributed by atoms with Crippen molar-refractivity contribution in [3.8, 4) is 11.5 Å². The third-order valence-corrected chi connectivity index (χ3v) is 4.33. The highest BCUT2D eigenvalue weighted by molar-refractivity contribution is 5.95. The Labute approximate surface area is 154 Å². The smallest absolute Gasteiger partial charge is 0.391 e. The molecule has 1 aliphatic carbocycles. The number of ether oxygens (including phenoxy) is 2. The van der Waals surface area contributed by atoms with Gasteiger partial charge in [0.2, 0.25) is 0 Å². The molecule has 2 rings (SSSR count). The number of carboxylic acids is 1. The molecule has 1 fully saturated rings. The third kappa shape index (κ3) is 6.04. The number of nitrogens with one attached hydrogen (secondary N) is 1. The van der Waals surface area contributed by atoms with Crippen LogP contribution < -0.4 is 14.8 Å². The number of carboxylic acid groups (broad SMARTS) is 1. The van der Waals surface area contributed by atoms with Gasteiger partial charge in [0.15, 0.2) is 18.1 Å². The van der Waals surface area contributed by atoms with Crippen molar-refractivity contribution in [2.45, 2.75) is 44.8 Å². The fourth-order valence-electron chi connectivity index (χ4n) is 3.06. The molecule has 27 heavy (non-hydrogen) atoms. The lowest BCUT2D eigenvalue weighted by Crippen LogP contribution is -2.41.